The number of halogens is 2. The second kappa shape index (κ2) is 12.7. The number of hydrogen-bond acceptors (Lipinski definition) is 8. The van der Waals surface area contributed by atoms with Crippen LogP contribution in [0.25, 0.3) is 11.3 Å². The summed E-state index contributed by atoms with van der Waals surface area (Å²) in [5.41, 5.74) is 2.54. The van der Waals surface area contributed by atoms with E-state index in [-0.39, 0.29) is 12.3 Å². The van der Waals surface area contributed by atoms with Crippen LogP contribution in [0.4, 0.5) is 5.95 Å². The number of carboxylic acids is 1. The van der Waals surface area contributed by atoms with Crippen molar-refractivity contribution in [3.63, 3.8) is 0 Å². The topological polar surface area (TPSA) is 94.9 Å². The lowest BCUT2D eigenvalue weighted by Crippen LogP contribution is -2.44. The molecule has 42 heavy (non-hydrogen) atoms. The number of ether oxygens (including phenoxy) is 1. The van der Waals surface area contributed by atoms with E-state index in [0.29, 0.717) is 45.9 Å². The molecule has 3 aliphatic rings. The van der Waals surface area contributed by atoms with Gasteiger partial charge in [0.2, 0.25) is 11.8 Å². The summed E-state index contributed by atoms with van der Waals surface area (Å²) in [6, 6.07) is 9.84. The summed E-state index contributed by atoms with van der Waals surface area (Å²) < 4.78 is 6.22. The molecule has 222 valence electrons. The molecule has 11 heteroatoms. The molecule has 0 saturated carbocycles. The van der Waals surface area contributed by atoms with Gasteiger partial charge in [-0.3, -0.25) is 9.69 Å². The van der Waals surface area contributed by atoms with Gasteiger partial charge in [0.05, 0.1) is 18.1 Å². The van der Waals surface area contributed by atoms with E-state index in [9.17, 15) is 4.79 Å². The van der Waals surface area contributed by atoms with E-state index in [0.717, 1.165) is 69.1 Å². The minimum absolute atomic E-state index is 0.230. The number of piperidine rings is 2. The van der Waals surface area contributed by atoms with Crippen molar-refractivity contribution in [3.05, 3.63) is 58.3 Å². The number of benzene rings is 1. The first kappa shape index (κ1) is 29.1. The Hall–Kier alpha value is -2.98. The number of carboxylic acid groups (broad SMARTS) is 1. The molecule has 2 aromatic heterocycles. The van der Waals surface area contributed by atoms with Crippen molar-refractivity contribution in [1.82, 2.24) is 24.8 Å². The summed E-state index contributed by atoms with van der Waals surface area (Å²) in [4.78, 5) is 32.4. The highest BCUT2D eigenvalue weighted by Gasteiger charge is 2.38. The molecule has 0 aliphatic carbocycles. The lowest BCUT2D eigenvalue weighted by Gasteiger charge is -2.36. The molecule has 1 aromatic carbocycles. The quantitative estimate of drug-likeness (QED) is 0.336. The second-order valence-electron chi connectivity index (χ2n) is 11.9. The molecule has 3 aromatic rings. The zero-order chi connectivity index (χ0) is 29.2. The second-order valence-corrected chi connectivity index (χ2v) is 12.7. The third kappa shape index (κ3) is 6.97. The third-order valence-electron chi connectivity index (χ3n) is 8.73. The molecule has 3 saturated heterocycles. The van der Waals surface area contributed by atoms with Crippen LogP contribution < -0.4 is 9.64 Å². The number of hydrogen-bond donors (Lipinski definition) is 1. The predicted octanol–water partition coefficient (Wildman–Crippen LogP) is 5.85. The minimum Gasteiger partial charge on any atom is -0.481 e. The van der Waals surface area contributed by atoms with E-state index in [4.69, 9.17) is 38.0 Å². The van der Waals surface area contributed by atoms with Gasteiger partial charge in [-0.25, -0.2) is 15.0 Å². The van der Waals surface area contributed by atoms with Gasteiger partial charge in [0.15, 0.2) is 5.75 Å². The molecule has 0 bridgehead atoms. The van der Waals surface area contributed by atoms with Gasteiger partial charge >= 0.3 is 5.97 Å². The Balaban J connectivity index is 1.20. The van der Waals surface area contributed by atoms with E-state index in [2.05, 4.69) is 31.7 Å². The fourth-order valence-electron chi connectivity index (χ4n) is 6.65. The number of fused-ring (bicyclic) bond motifs is 1. The Kier molecular flexibility index (Phi) is 8.81. The summed E-state index contributed by atoms with van der Waals surface area (Å²) in [6.07, 6.45) is 7.73. The molecule has 0 amide bonds. The Morgan fingerprint density at radius 3 is 2.43 bits per heavy atom. The highest BCUT2D eigenvalue weighted by atomic mass is 35.5. The standard InChI is InChI=1S/C31H36Cl2N6O3/c1-37-6-5-28-22(19-37)4-9-39(28)31-34-16-26(17-35-31)42-29-11-21(18-38-7-2-20(3-8-38)12-30(40)41)10-27(36-29)23-13-24(32)15-25(33)14-23/h10-11,13-17,20,22,28H,2-9,12,18-19H2,1H3,(H,40,41)/t22-,28+/m1/s1. The van der Waals surface area contributed by atoms with Gasteiger partial charge in [-0.05, 0) is 94.0 Å². The fourth-order valence-corrected chi connectivity index (χ4v) is 7.18. The van der Waals surface area contributed by atoms with Crippen molar-refractivity contribution in [1.29, 1.82) is 0 Å². The van der Waals surface area contributed by atoms with E-state index in [1.807, 2.05) is 24.3 Å². The number of likely N-dealkylation sites (tertiary alicyclic amines) is 2. The maximum atomic E-state index is 11.1. The largest absolute Gasteiger partial charge is 0.481 e. The van der Waals surface area contributed by atoms with Crippen LogP contribution in [-0.2, 0) is 11.3 Å². The van der Waals surface area contributed by atoms with Gasteiger partial charge in [-0.15, -0.1) is 0 Å². The number of anilines is 1. The van der Waals surface area contributed by atoms with Crippen LogP contribution in [-0.4, -0.2) is 81.6 Å². The van der Waals surface area contributed by atoms with Gasteiger partial charge in [-0.1, -0.05) is 23.2 Å². The highest BCUT2D eigenvalue weighted by Crippen LogP contribution is 2.34. The number of carbonyl (C=O) groups is 1. The average molecular weight is 612 g/mol. The lowest BCUT2D eigenvalue weighted by atomic mass is 9.93. The first-order valence-electron chi connectivity index (χ1n) is 14.7. The number of nitrogens with zero attached hydrogens (tertiary/aromatic N) is 6. The summed E-state index contributed by atoms with van der Waals surface area (Å²) in [5.74, 6) is 1.88. The molecule has 2 atom stereocenters. The first-order valence-corrected chi connectivity index (χ1v) is 15.4. The van der Waals surface area contributed by atoms with Gasteiger partial charge in [0.25, 0.3) is 0 Å². The van der Waals surface area contributed by atoms with Crippen LogP contribution in [0.5, 0.6) is 11.6 Å². The molecule has 0 unspecified atom stereocenters. The molecular weight excluding hydrogens is 575 g/mol. The monoisotopic (exact) mass is 610 g/mol. The Labute approximate surface area is 256 Å². The first-order chi connectivity index (χ1) is 20.3. The summed E-state index contributed by atoms with van der Waals surface area (Å²) >= 11 is 12.6. The van der Waals surface area contributed by atoms with Crippen molar-refractivity contribution in [2.75, 3.05) is 44.7 Å². The molecule has 5 heterocycles. The fraction of sp³-hybridized carbons (Fsp3) is 0.484. The molecule has 9 nitrogen and oxygen atoms in total. The molecule has 3 fully saturated rings. The van der Waals surface area contributed by atoms with Crippen LogP contribution in [0.15, 0.2) is 42.7 Å². The van der Waals surface area contributed by atoms with Crippen LogP contribution in [0.3, 0.4) is 0 Å². The van der Waals surface area contributed by atoms with Crippen molar-refractivity contribution >= 4 is 35.1 Å². The van der Waals surface area contributed by atoms with E-state index in [1.165, 1.54) is 6.42 Å². The Bertz CT molecular complexity index is 1400. The Morgan fingerprint density at radius 1 is 0.976 bits per heavy atom. The van der Waals surface area contributed by atoms with Crippen molar-refractivity contribution < 1.29 is 14.6 Å². The SMILES string of the molecule is CN1CC[C@H]2[C@H](CCN2c2ncc(Oc3cc(CN4CCC(CC(=O)O)CC4)cc(-c4cc(Cl)cc(Cl)c4)n3)cn2)C1. The molecular formula is C31H36Cl2N6O3. The van der Waals surface area contributed by atoms with Crippen LogP contribution in [0, 0.1) is 11.8 Å². The maximum Gasteiger partial charge on any atom is 0.303 e. The lowest BCUT2D eigenvalue weighted by molar-refractivity contribution is -0.138. The van der Waals surface area contributed by atoms with E-state index < -0.39 is 5.97 Å². The smallest absolute Gasteiger partial charge is 0.303 e. The van der Waals surface area contributed by atoms with E-state index in [1.54, 1.807) is 18.5 Å². The minimum atomic E-state index is -0.724. The number of aliphatic carboxylic acids is 1. The number of pyridine rings is 1. The van der Waals surface area contributed by atoms with Gasteiger partial charge in [0.1, 0.15) is 0 Å². The zero-order valence-corrected chi connectivity index (χ0v) is 25.3. The van der Waals surface area contributed by atoms with Crippen molar-refractivity contribution in [3.8, 4) is 22.9 Å². The molecule has 6 rings (SSSR count). The Morgan fingerprint density at radius 2 is 1.71 bits per heavy atom. The highest BCUT2D eigenvalue weighted by molar-refractivity contribution is 6.35. The predicted molar refractivity (Wildman–Crippen MR) is 163 cm³/mol. The van der Waals surface area contributed by atoms with E-state index >= 15 is 0 Å². The molecule has 3 aliphatic heterocycles. The molecule has 0 spiro atoms. The van der Waals surface area contributed by atoms with Crippen LogP contribution in [0.1, 0.15) is 37.7 Å². The van der Waals surface area contributed by atoms with Gasteiger partial charge < -0.3 is 19.6 Å². The zero-order valence-electron chi connectivity index (χ0n) is 23.8. The van der Waals surface area contributed by atoms with Crippen molar-refractivity contribution in [2.45, 2.75) is 44.7 Å². The van der Waals surface area contributed by atoms with Crippen LogP contribution in [0.2, 0.25) is 10.0 Å². The molecule has 1 N–H and O–H groups in total. The summed E-state index contributed by atoms with van der Waals surface area (Å²) in [5, 5.41) is 10.2. The maximum absolute atomic E-state index is 11.1. The summed E-state index contributed by atoms with van der Waals surface area (Å²) in [7, 11) is 2.20. The average Bonchev–Trinajstić information content (AvgIpc) is 3.37. The number of rotatable bonds is 8. The van der Waals surface area contributed by atoms with Gasteiger partial charge in [-0.2, -0.15) is 0 Å². The third-order valence-corrected chi connectivity index (χ3v) is 9.16. The van der Waals surface area contributed by atoms with Gasteiger partial charge in [0, 0.05) is 53.8 Å². The summed E-state index contributed by atoms with van der Waals surface area (Å²) in [6.45, 7) is 5.60. The van der Waals surface area contributed by atoms with Crippen molar-refractivity contribution in [2.24, 2.45) is 11.8 Å². The normalized spacial score (nSPS) is 21.8. The number of aromatic nitrogens is 3. The van der Waals surface area contributed by atoms with Crippen LogP contribution >= 0.6 is 23.2 Å². The molecule has 0 radical (unpaired) electrons.